The fraction of sp³-hybridized carbons (Fsp3) is 0.500. The second-order valence-electron chi connectivity index (χ2n) is 5.59. The molecule has 1 amide bonds. The Kier molecular flexibility index (Phi) is 4.96. The molecule has 114 valence electrons. The van der Waals surface area contributed by atoms with Crippen molar-refractivity contribution < 1.29 is 14.3 Å². The van der Waals surface area contributed by atoms with Gasteiger partial charge in [-0.2, -0.15) is 0 Å². The third-order valence-corrected chi connectivity index (χ3v) is 4.01. The molecular formula is C16H22N2O3. The van der Waals surface area contributed by atoms with E-state index in [2.05, 4.69) is 17.3 Å². The maximum Gasteiger partial charge on any atom is 0.337 e. The highest BCUT2D eigenvalue weighted by atomic mass is 16.5. The van der Waals surface area contributed by atoms with E-state index in [4.69, 9.17) is 4.74 Å². The molecule has 0 saturated carbocycles. The minimum atomic E-state index is -0.398. The van der Waals surface area contributed by atoms with Crippen molar-refractivity contribution in [2.75, 3.05) is 32.6 Å². The molecule has 0 radical (unpaired) electrons. The number of methoxy groups -OCH3 is 1. The van der Waals surface area contributed by atoms with Gasteiger partial charge in [0.1, 0.15) is 0 Å². The lowest BCUT2D eigenvalue weighted by molar-refractivity contribution is -0.121. The maximum atomic E-state index is 12.3. The number of amides is 1. The van der Waals surface area contributed by atoms with Gasteiger partial charge in [-0.1, -0.05) is 6.07 Å². The molecule has 1 N–H and O–H groups in total. The highest BCUT2D eigenvalue weighted by Gasteiger charge is 2.23. The third kappa shape index (κ3) is 3.82. The van der Waals surface area contributed by atoms with Crippen LogP contribution in [0.3, 0.4) is 0 Å². The zero-order valence-electron chi connectivity index (χ0n) is 12.8. The van der Waals surface area contributed by atoms with E-state index in [1.807, 2.05) is 13.0 Å². The van der Waals surface area contributed by atoms with E-state index in [0.717, 1.165) is 31.5 Å². The molecule has 5 heteroatoms. The van der Waals surface area contributed by atoms with Crippen LogP contribution in [-0.2, 0) is 9.53 Å². The Labute approximate surface area is 125 Å². The van der Waals surface area contributed by atoms with Gasteiger partial charge in [-0.15, -0.1) is 0 Å². The molecule has 1 aliphatic heterocycles. The van der Waals surface area contributed by atoms with Crippen LogP contribution in [0.25, 0.3) is 0 Å². The van der Waals surface area contributed by atoms with Gasteiger partial charge in [0.2, 0.25) is 5.91 Å². The number of carbonyl (C=O) groups is 2. The number of hydrogen-bond donors (Lipinski definition) is 1. The first kappa shape index (κ1) is 15.5. The van der Waals surface area contributed by atoms with Crippen LogP contribution in [0.5, 0.6) is 0 Å². The molecule has 0 unspecified atom stereocenters. The normalized spacial score (nSPS) is 16.5. The first-order valence-electron chi connectivity index (χ1n) is 7.19. The summed E-state index contributed by atoms with van der Waals surface area (Å²) in [6.07, 6.45) is 1.75. The molecule has 0 aliphatic carbocycles. The molecule has 1 saturated heterocycles. The smallest absolute Gasteiger partial charge is 0.337 e. The van der Waals surface area contributed by atoms with E-state index < -0.39 is 5.97 Å². The number of esters is 1. The summed E-state index contributed by atoms with van der Waals surface area (Å²) >= 11 is 0. The highest BCUT2D eigenvalue weighted by Crippen LogP contribution is 2.22. The topological polar surface area (TPSA) is 58.6 Å². The molecule has 0 atom stereocenters. The second-order valence-corrected chi connectivity index (χ2v) is 5.59. The van der Waals surface area contributed by atoms with Crippen molar-refractivity contribution in [3.8, 4) is 0 Å². The van der Waals surface area contributed by atoms with E-state index in [9.17, 15) is 9.59 Å². The average Bonchev–Trinajstić information content (AvgIpc) is 2.49. The van der Waals surface area contributed by atoms with Gasteiger partial charge in [0.15, 0.2) is 0 Å². The molecule has 1 aliphatic rings. The van der Waals surface area contributed by atoms with Crippen molar-refractivity contribution in [1.29, 1.82) is 0 Å². The average molecular weight is 290 g/mol. The maximum absolute atomic E-state index is 12.3. The van der Waals surface area contributed by atoms with Gasteiger partial charge in [0.25, 0.3) is 0 Å². The van der Waals surface area contributed by atoms with Crippen LogP contribution < -0.4 is 5.32 Å². The Hall–Kier alpha value is -1.88. The van der Waals surface area contributed by atoms with Crippen LogP contribution in [0.1, 0.15) is 28.8 Å². The lowest BCUT2D eigenvalue weighted by Gasteiger charge is -2.28. The Bertz CT molecular complexity index is 534. The summed E-state index contributed by atoms with van der Waals surface area (Å²) in [4.78, 5) is 26.1. The first-order valence-corrected chi connectivity index (χ1v) is 7.19. The van der Waals surface area contributed by atoms with Crippen molar-refractivity contribution in [3.63, 3.8) is 0 Å². The number of carbonyl (C=O) groups excluding carboxylic acids is 2. The van der Waals surface area contributed by atoms with Gasteiger partial charge in [0, 0.05) is 11.6 Å². The second kappa shape index (κ2) is 6.72. The van der Waals surface area contributed by atoms with Crippen molar-refractivity contribution in [3.05, 3.63) is 29.3 Å². The molecule has 1 aromatic carbocycles. The standard InChI is InChI=1S/C16H22N2O3/c1-11-4-5-13(16(20)21-3)10-14(11)17-15(19)12-6-8-18(2)9-7-12/h4-5,10,12H,6-9H2,1-3H3,(H,17,19). The summed E-state index contributed by atoms with van der Waals surface area (Å²) in [6.45, 7) is 3.80. The molecule has 0 spiro atoms. The minimum absolute atomic E-state index is 0.0354. The molecule has 2 rings (SSSR count). The summed E-state index contributed by atoms with van der Waals surface area (Å²) < 4.78 is 4.71. The number of likely N-dealkylation sites (tertiary alicyclic amines) is 1. The monoisotopic (exact) mass is 290 g/mol. The number of anilines is 1. The zero-order valence-corrected chi connectivity index (χ0v) is 12.8. The highest BCUT2D eigenvalue weighted by molar-refractivity contribution is 5.96. The number of nitrogens with one attached hydrogen (secondary N) is 1. The van der Waals surface area contributed by atoms with Gasteiger partial charge in [-0.25, -0.2) is 4.79 Å². The number of nitrogens with zero attached hydrogens (tertiary/aromatic N) is 1. The van der Waals surface area contributed by atoms with Crippen molar-refractivity contribution in [2.24, 2.45) is 5.92 Å². The number of rotatable bonds is 3. The van der Waals surface area contributed by atoms with Gasteiger partial charge < -0.3 is 15.0 Å². The van der Waals surface area contributed by atoms with Crippen LogP contribution in [0.15, 0.2) is 18.2 Å². The third-order valence-electron chi connectivity index (χ3n) is 4.01. The van der Waals surface area contributed by atoms with Crippen LogP contribution in [0.4, 0.5) is 5.69 Å². The summed E-state index contributed by atoms with van der Waals surface area (Å²) in [5.74, 6) is -0.319. The summed E-state index contributed by atoms with van der Waals surface area (Å²) in [7, 11) is 3.41. The predicted molar refractivity (Wildman–Crippen MR) is 81.4 cm³/mol. The number of piperidine rings is 1. The number of hydrogen-bond acceptors (Lipinski definition) is 4. The molecule has 0 bridgehead atoms. The molecule has 1 aromatic rings. The Morgan fingerprint density at radius 1 is 1.29 bits per heavy atom. The van der Waals surface area contributed by atoms with Crippen molar-refractivity contribution in [1.82, 2.24) is 4.90 Å². The van der Waals surface area contributed by atoms with E-state index in [0.29, 0.717) is 11.3 Å². The van der Waals surface area contributed by atoms with Crippen LogP contribution in [-0.4, -0.2) is 44.0 Å². The lowest BCUT2D eigenvalue weighted by Crippen LogP contribution is -2.36. The van der Waals surface area contributed by atoms with Crippen LogP contribution in [0.2, 0.25) is 0 Å². The molecule has 21 heavy (non-hydrogen) atoms. The van der Waals surface area contributed by atoms with E-state index >= 15 is 0 Å². The van der Waals surface area contributed by atoms with Crippen LogP contribution >= 0.6 is 0 Å². The quantitative estimate of drug-likeness (QED) is 0.866. The first-order chi connectivity index (χ1) is 10.0. The van der Waals surface area contributed by atoms with Crippen molar-refractivity contribution >= 4 is 17.6 Å². The Morgan fingerprint density at radius 2 is 1.95 bits per heavy atom. The SMILES string of the molecule is COC(=O)c1ccc(C)c(NC(=O)C2CCN(C)CC2)c1. The molecule has 0 aromatic heterocycles. The van der Waals surface area contributed by atoms with E-state index in [-0.39, 0.29) is 11.8 Å². The Morgan fingerprint density at radius 3 is 2.57 bits per heavy atom. The lowest BCUT2D eigenvalue weighted by atomic mass is 9.96. The minimum Gasteiger partial charge on any atom is -0.465 e. The molecule has 1 fully saturated rings. The predicted octanol–water partition coefficient (Wildman–Crippen LogP) is 2.06. The number of aryl methyl sites for hydroxylation is 1. The summed E-state index contributed by atoms with van der Waals surface area (Å²) in [5, 5.41) is 2.95. The zero-order chi connectivity index (χ0) is 15.4. The molecule has 5 nitrogen and oxygen atoms in total. The van der Waals surface area contributed by atoms with Gasteiger partial charge >= 0.3 is 5.97 Å². The van der Waals surface area contributed by atoms with Gasteiger partial charge in [-0.05, 0) is 57.6 Å². The van der Waals surface area contributed by atoms with Crippen LogP contribution in [0, 0.1) is 12.8 Å². The number of ether oxygens (including phenoxy) is 1. The van der Waals surface area contributed by atoms with E-state index in [1.165, 1.54) is 7.11 Å². The summed E-state index contributed by atoms with van der Waals surface area (Å²) in [5.41, 5.74) is 2.06. The largest absolute Gasteiger partial charge is 0.465 e. The summed E-state index contributed by atoms with van der Waals surface area (Å²) in [6, 6.07) is 5.19. The fourth-order valence-electron chi connectivity index (χ4n) is 2.51. The number of benzene rings is 1. The fourth-order valence-corrected chi connectivity index (χ4v) is 2.51. The van der Waals surface area contributed by atoms with Gasteiger partial charge in [0.05, 0.1) is 12.7 Å². The van der Waals surface area contributed by atoms with Gasteiger partial charge in [-0.3, -0.25) is 4.79 Å². The van der Waals surface area contributed by atoms with Crippen molar-refractivity contribution in [2.45, 2.75) is 19.8 Å². The molecule has 1 heterocycles. The Balaban J connectivity index is 2.08. The van der Waals surface area contributed by atoms with E-state index in [1.54, 1.807) is 12.1 Å². The molecular weight excluding hydrogens is 268 g/mol.